The Morgan fingerprint density at radius 3 is 1.38 bits per heavy atom. The molecule has 0 bridgehead atoms. The quantitative estimate of drug-likeness (QED) is 0.339. The highest BCUT2D eigenvalue weighted by Crippen LogP contribution is 2.33. The van der Waals surface area contributed by atoms with Gasteiger partial charge in [0, 0.05) is 43.6 Å². The summed E-state index contributed by atoms with van der Waals surface area (Å²) >= 11 is 0. The molecule has 2 aromatic heterocycles. The van der Waals surface area contributed by atoms with Gasteiger partial charge < -0.3 is 9.97 Å². The second-order valence-electron chi connectivity index (χ2n) is 6.48. The first-order valence-electron chi connectivity index (χ1n) is 8.21. The Bertz CT molecular complexity index is 1290. The average molecular weight is 306 g/mol. The first-order chi connectivity index (χ1) is 11.9. The molecule has 0 radical (unpaired) electrons. The third-order valence-electron chi connectivity index (χ3n) is 5.09. The van der Waals surface area contributed by atoms with Gasteiger partial charge in [0.2, 0.25) is 0 Å². The Labute approximate surface area is 137 Å². The minimum Gasteiger partial charge on any atom is -0.354 e. The largest absolute Gasteiger partial charge is 0.354 e. The van der Waals surface area contributed by atoms with E-state index in [2.05, 4.69) is 82.8 Å². The van der Waals surface area contributed by atoms with Gasteiger partial charge in [0.05, 0.1) is 0 Å². The average Bonchev–Trinajstić information content (AvgIpc) is 3.15. The molecule has 112 valence electrons. The summed E-state index contributed by atoms with van der Waals surface area (Å²) in [5.74, 6) is 0. The molecule has 0 atom stereocenters. The molecule has 2 heteroatoms. The normalized spacial score (nSPS) is 12.2. The molecule has 0 aliphatic heterocycles. The van der Waals surface area contributed by atoms with Crippen LogP contribution in [-0.2, 0) is 0 Å². The maximum atomic E-state index is 3.54. The summed E-state index contributed by atoms with van der Waals surface area (Å²) in [6.45, 7) is 0. The molecule has 0 fully saturated rings. The van der Waals surface area contributed by atoms with Gasteiger partial charge in [-0.15, -0.1) is 0 Å². The van der Waals surface area contributed by atoms with Crippen LogP contribution in [0, 0.1) is 0 Å². The number of aromatic amines is 2. The summed E-state index contributed by atoms with van der Waals surface area (Å²) in [5, 5.41) is 7.68. The van der Waals surface area contributed by atoms with Gasteiger partial charge in [-0.1, -0.05) is 36.4 Å². The van der Waals surface area contributed by atoms with Gasteiger partial charge in [-0.25, -0.2) is 0 Å². The highest BCUT2D eigenvalue weighted by Gasteiger charge is 2.09. The van der Waals surface area contributed by atoms with E-state index in [4.69, 9.17) is 0 Å². The van der Waals surface area contributed by atoms with Crippen LogP contribution in [0.5, 0.6) is 0 Å². The lowest BCUT2D eigenvalue weighted by Crippen LogP contribution is -1.76. The number of para-hydroxylation sites is 2. The Balaban J connectivity index is 1.80. The van der Waals surface area contributed by atoms with Crippen LogP contribution in [-0.4, -0.2) is 9.97 Å². The maximum absolute atomic E-state index is 3.54. The van der Waals surface area contributed by atoms with Crippen molar-refractivity contribution < 1.29 is 0 Å². The molecule has 2 N–H and O–H groups in total. The Morgan fingerprint density at radius 1 is 0.417 bits per heavy atom. The molecule has 6 aromatic rings. The third kappa shape index (κ3) is 1.50. The van der Waals surface area contributed by atoms with Crippen molar-refractivity contribution in [2.75, 3.05) is 0 Å². The Hall–Kier alpha value is -3.26. The van der Waals surface area contributed by atoms with Gasteiger partial charge in [0.1, 0.15) is 0 Å². The minimum absolute atomic E-state index is 1.19. The lowest BCUT2D eigenvalue weighted by molar-refractivity contribution is 1.55. The summed E-state index contributed by atoms with van der Waals surface area (Å²) in [7, 11) is 0. The number of hydrogen-bond acceptors (Lipinski definition) is 0. The molecule has 2 nitrogen and oxygen atoms in total. The van der Waals surface area contributed by atoms with Crippen molar-refractivity contribution in [2.45, 2.75) is 0 Å². The predicted octanol–water partition coefficient (Wildman–Crippen LogP) is 6.11. The fraction of sp³-hybridized carbons (Fsp3) is 0. The second-order valence-corrected chi connectivity index (χ2v) is 6.48. The van der Waals surface area contributed by atoms with Crippen molar-refractivity contribution >= 4 is 54.4 Å². The van der Waals surface area contributed by atoms with Crippen LogP contribution in [0.1, 0.15) is 0 Å². The molecule has 4 aromatic carbocycles. The molecule has 0 amide bonds. The SMILES string of the molecule is c1ccc2c(c1)[nH]c1cc3cc4c(cc3cc12)[nH]c1ccccc14. The molecular weight excluding hydrogens is 292 g/mol. The van der Waals surface area contributed by atoms with Crippen LogP contribution < -0.4 is 0 Å². The van der Waals surface area contributed by atoms with Crippen LogP contribution in [0.25, 0.3) is 54.4 Å². The van der Waals surface area contributed by atoms with E-state index < -0.39 is 0 Å². The lowest BCUT2D eigenvalue weighted by Gasteiger charge is -2.00. The number of benzene rings is 4. The lowest BCUT2D eigenvalue weighted by atomic mass is 10.0. The summed E-state index contributed by atoms with van der Waals surface area (Å²) < 4.78 is 0. The zero-order chi connectivity index (χ0) is 15.7. The molecule has 0 spiro atoms. The van der Waals surface area contributed by atoms with E-state index in [1.165, 1.54) is 54.4 Å². The molecule has 0 unspecified atom stereocenters. The maximum Gasteiger partial charge on any atom is 0.0471 e. The standard InChI is InChI=1S/C22H14N2/c1-3-7-19-15(5-1)17-9-13-12-22-18(10-14(13)11-21(17)23-19)16-6-2-4-8-20(16)24-22/h1-12,23-24H. The van der Waals surface area contributed by atoms with E-state index in [1.54, 1.807) is 0 Å². The van der Waals surface area contributed by atoms with E-state index in [-0.39, 0.29) is 0 Å². The highest BCUT2D eigenvalue weighted by atomic mass is 14.7. The van der Waals surface area contributed by atoms with Crippen molar-refractivity contribution in [2.24, 2.45) is 0 Å². The van der Waals surface area contributed by atoms with Gasteiger partial charge in [0.25, 0.3) is 0 Å². The van der Waals surface area contributed by atoms with Crippen molar-refractivity contribution in [3.05, 3.63) is 72.8 Å². The first kappa shape index (κ1) is 12.2. The summed E-state index contributed by atoms with van der Waals surface area (Å²) in [5.41, 5.74) is 4.78. The van der Waals surface area contributed by atoms with Crippen molar-refractivity contribution in [1.82, 2.24) is 9.97 Å². The van der Waals surface area contributed by atoms with E-state index in [1.807, 2.05) is 0 Å². The van der Waals surface area contributed by atoms with Crippen molar-refractivity contribution in [3.63, 3.8) is 0 Å². The molecule has 6 rings (SSSR count). The number of fused-ring (bicyclic) bond motifs is 7. The van der Waals surface area contributed by atoms with Crippen molar-refractivity contribution in [3.8, 4) is 0 Å². The smallest absolute Gasteiger partial charge is 0.0471 e. The van der Waals surface area contributed by atoms with Gasteiger partial charge in [-0.3, -0.25) is 0 Å². The number of rotatable bonds is 0. The molecule has 0 saturated carbocycles. The summed E-state index contributed by atoms with van der Waals surface area (Å²) in [6, 6.07) is 26.1. The second kappa shape index (κ2) is 4.18. The monoisotopic (exact) mass is 306 g/mol. The molecule has 0 saturated heterocycles. The minimum atomic E-state index is 1.19. The number of H-pyrrole nitrogens is 2. The van der Waals surface area contributed by atoms with Crippen LogP contribution in [0.15, 0.2) is 72.8 Å². The van der Waals surface area contributed by atoms with Crippen LogP contribution >= 0.6 is 0 Å². The topological polar surface area (TPSA) is 31.6 Å². The Kier molecular flexibility index (Phi) is 2.12. The molecular formula is C22H14N2. The van der Waals surface area contributed by atoms with E-state index >= 15 is 0 Å². The van der Waals surface area contributed by atoms with E-state index in [0.717, 1.165) is 0 Å². The zero-order valence-corrected chi connectivity index (χ0v) is 12.9. The third-order valence-corrected chi connectivity index (χ3v) is 5.09. The molecule has 2 heterocycles. The first-order valence-corrected chi connectivity index (χ1v) is 8.21. The van der Waals surface area contributed by atoms with Gasteiger partial charge in [-0.2, -0.15) is 0 Å². The number of hydrogen-bond donors (Lipinski definition) is 2. The summed E-state index contributed by atoms with van der Waals surface area (Å²) in [4.78, 5) is 7.08. The van der Waals surface area contributed by atoms with Crippen LogP contribution in [0.2, 0.25) is 0 Å². The highest BCUT2D eigenvalue weighted by molar-refractivity contribution is 6.16. The predicted molar refractivity (Wildman–Crippen MR) is 103 cm³/mol. The van der Waals surface area contributed by atoms with E-state index in [0.29, 0.717) is 0 Å². The van der Waals surface area contributed by atoms with Crippen LogP contribution in [0.4, 0.5) is 0 Å². The van der Waals surface area contributed by atoms with Gasteiger partial charge in [-0.05, 0) is 47.2 Å². The summed E-state index contributed by atoms with van der Waals surface area (Å²) in [6.07, 6.45) is 0. The number of aromatic nitrogens is 2. The van der Waals surface area contributed by atoms with Crippen molar-refractivity contribution in [1.29, 1.82) is 0 Å². The number of nitrogens with one attached hydrogen (secondary N) is 2. The molecule has 0 aliphatic carbocycles. The van der Waals surface area contributed by atoms with Gasteiger partial charge >= 0.3 is 0 Å². The fourth-order valence-corrected chi connectivity index (χ4v) is 3.95. The Morgan fingerprint density at radius 2 is 0.875 bits per heavy atom. The zero-order valence-electron chi connectivity index (χ0n) is 12.9. The molecule has 24 heavy (non-hydrogen) atoms. The van der Waals surface area contributed by atoms with Gasteiger partial charge in [0.15, 0.2) is 0 Å². The van der Waals surface area contributed by atoms with E-state index in [9.17, 15) is 0 Å². The fourth-order valence-electron chi connectivity index (χ4n) is 3.95. The molecule has 0 aliphatic rings. The van der Waals surface area contributed by atoms with Crippen LogP contribution in [0.3, 0.4) is 0 Å².